The van der Waals surface area contributed by atoms with Gasteiger partial charge in [-0.15, -0.1) is 0 Å². The van der Waals surface area contributed by atoms with Crippen molar-refractivity contribution in [3.8, 4) is 0 Å². The molecule has 0 aliphatic heterocycles. The third kappa shape index (κ3) is 1.42. The van der Waals surface area contributed by atoms with Gasteiger partial charge in [0.05, 0.1) is 11.0 Å². The largest absolute Gasteiger partial charge is 0.254 e. The van der Waals surface area contributed by atoms with Gasteiger partial charge in [0.1, 0.15) is 0 Å². The molecule has 2 heteroatoms. The van der Waals surface area contributed by atoms with Gasteiger partial charge in [-0.25, -0.2) is 0 Å². The Morgan fingerprint density at radius 3 is 3.12 bits per heavy atom. The molecule has 0 N–H and O–H groups in total. The van der Waals surface area contributed by atoms with Crippen LogP contribution in [0, 0.1) is 6.92 Å². The van der Waals surface area contributed by atoms with E-state index in [-0.39, 0.29) is 0 Å². The molecule has 0 radical (unpaired) electrons. The predicted molar refractivity (Wildman–Crippen MR) is 65.4 cm³/mol. The average molecular weight is 210 g/mol. The van der Waals surface area contributed by atoms with Crippen LogP contribution in [0.4, 0.5) is 0 Å². The van der Waals surface area contributed by atoms with Crippen molar-refractivity contribution in [2.24, 2.45) is 0 Å². The monoisotopic (exact) mass is 210 g/mol. The van der Waals surface area contributed by atoms with Crippen LogP contribution in [0.1, 0.15) is 23.2 Å². The second kappa shape index (κ2) is 3.71. The summed E-state index contributed by atoms with van der Waals surface area (Å²) in [5.74, 6) is 0. The van der Waals surface area contributed by atoms with Crippen molar-refractivity contribution in [1.82, 2.24) is 9.97 Å². The lowest BCUT2D eigenvalue weighted by molar-refractivity contribution is 0.942. The van der Waals surface area contributed by atoms with Crippen molar-refractivity contribution in [2.45, 2.75) is 26.2 Å². The second-order valence-corrected chi connectivity index (χ2v) is 4.25. The summed E-state index contributed by atoms with van der Waals surface area (Å²) < 4.78 is 0. The van der Waals surface area contributed by atoms with Gasteiger partial charge in [-0.3, -0.25) is 9.97 Å². The highest BCUT2D eigenvalue weighted by Crippen LogP contribution is 2.24. The molecule has 3 rings (SSSR count). The zero-order chi connectivity index (χ0) is 11.0. The van der Waals surface area contributed by atoms with Gasteiger partial charge >= 0.3 is 0 Å². The first kappa shape index (κ1) is 9.52. The number of aromatic nitrogens is 2. The average Bonchev–Trinajstić information content (AvgIpc) is 2.55. The third-order valence-electron chi connectivity index (χ3n) is 3.23. The normalized spacial score (nSPS) is 14.8. The van der Waals surface area contributed by atoms with Gasteiger partial charge in [0.25, 0.3) is 0 Å². The van der Waals surface area contributed by atoms with Crippen LogP contribution in [-0.4, -0.2) is 9.97 Å². The number of aryl methyl sites for hydroxylation is 2. The molecule has 0 amide bonds. The molecular weight excluding hydrogens is 196 g/mol. The number of pyridine rings is 2. The van der Waals surface area contributed by atoms with Gasteiger partial charge in [0.15, 0.2) is 0 Å². The second-order valence-electron chi connectivity index (χ2n) is 4.25. The van der Waals surface area contributed by atoms with Gasteiger partial charge in [0, 0.05) is 11.9 Å². The van der Waals surface area contributed by atoms with E-state index in [4.69, 9.17) is 4.98 Å². The number of nitrogens with zero attached hydrogens (tertiary/aromatic N) is 2. The van der Waals surface area contributed by atoms with E-state index in [0.29, 0.717) is 0 Å². The van der Waals surface area contributed by atoms with E-state index < -0.39 is 0 Å². The number of fused-ring (bicyclic) bond motifs is 2. The van der Waals surface area contributed by atoms with Crippen LogP contribution in [0.2, 0.25) is 0 Å². The predicted octanol–water partition coefficient (Wildman–Crippen LogP) is 2.98. The van der Waals surface area contributed by atoms with Crippen molar-refractivity contribution >= 4 is 11.0 Å². The van der Waals surface area contributed by atoms with Crippen LogP contribution in [0.3, 0.4) is 0 Å². The fourth-order valence-corrected chi connectivity index (χ4v) is 2.36. The quantitative estimate of drug-likeness (QED) is 0.625. The maximum Gasteiger partial charge on any atom is 0.0918 e. The Morgan fingerprint density at radius 2 is 2.19 bits per heavy atom. The number of rotatable bonds is 0. The summed E-state index contributed by atoms with van der Waals surface area (Å²) in [4.78, 5) is 9.17. The summed E-state index contributed by atoms with van der Waals surface area (Å²) in [5.41, 5.74) is 6.01. The zero-order valence-corrected chi connectivity index (χ0v) is 9.40. The molecule has 0 atom stereocenters. The van der Waals surface area contributed by atoms with Crippen LogP contribution in [0.5, 0.6) is 0 Å². The molecule has 0 saturated carbocycles. The first-order chi connectivity index (χ1) is 7.86. The van der Waals surface area contributed by atoms with Gasteiger partial charge in [-0.1, -0.05) is 12.2 Å². The summed E-state index contributed by atoms with van der Waals surface area (Å²) in [5, 5.41) is 0. The first-order valence-electron chi connectivity index (χ1n) is 5.74. The molecule has 80 valence electrons. The smallest absolute Gasteiger partial charge is 0.0918 e. The Kier molecular flexibility index (Phi) is 2.21. The summed E-state index contributed by atoms with van der Waals surface area (Å²) in [6.07, 6.45) is 9.49. The molecule has 0 bridgehead atoms. The molecule has 0 fully saturated rings. The van der Waals surface area contributed by atoms with Crippen molar-refractivity contribution < 1.29 is 0 Å². The Bertz CT molecular complexity index is 570. The molecule has 16 heavy (non-hydrogen) atoms. The molecule has 1 aliphatic carbocycles. The van der Waals surface area contributed by atoms with Crippen LogP contribution in [-0.2, 0) is 12.8 Å². The standard InChI is InChI=1S/C14H14N2/c1-10-11-6-3-2-4-7-12(11)16-13-8-5-9-15-14(10)13/h2-3,5,8-9H,4,6-7H2,1H3. The SMILES string of the molecule is Cc1c2c(nc3cccnc13)CCC=CC2. The topological polar surface area (TPSA) is 25.8 Å². The molecule has 2 aromatic rings. The lowest BCUT2D eigenvalue weighted by atomic mass is 10.0. The van der Waals surface area contributed by atoms with Crippen molar-refractivity contribution in [3.05, 3.63) is 47.3 Å². The number of hydrogen-bond donors (Lipinski definition) is 0. The van der Waals surface area contributed by atoms with Crippen LogP contribution >= 0.6 is 0 Å². The van der Waals surface area contributed by atoms with E-state index >= 15 is 0 Å². The summed E-state index contributed by atoms with van der Waals surface area (Å²) >= 11 is 0. The lowest BCUT2D eigenvalue weighted by Gasteiger charge is -2.10. The van der Waals surface area contributed by atoms with Gasteiger partial charge in [-0.05, 0) is 49.4 Å². The van der Waals surface area contributed by atoms with Crippen molar-refractivity contribution in [2.75, 3.05) is 0 Å². The number of hydrogen-bond acceptors (Lipinski definition) is 2. The molecular formula is C14H14N2. The highest BCUT2D eigenvalue weighted by molar-refractivity contribution is 5.79. The molecule has 2 heterocycles. The highest BCUT2D eigenvalue weighted by Gasteiger charge is 2.12. The van der Waals surface area contributed by atoms with E-state index in [1.807, 2.05) is 18.3 Å². The van der Waals surface area contributed by atoms with E-state index in [2.05, 4.69) is 24.1 Å². The summed E-state index contributed by atoms with van der Waals surface area (Å²) in [6.45, 7) is 2.16. The molecule has 0 aromatic carbocycles. The van der Waals surface area contributed by atoms with Crippen molar-refractivity contribution in [1.29, 1.82) is 0 Å². The van der Waals surface area contributed by atoms with E-state index in [9.17, 15) is 0 Å². The molecule has 0 saturated heterocycles. The van der Waals surface area contributed by atoms with E-state index in [1.165, 1.54) is 16.8 Å². The van der Waals surface area contributed by atoms with Crippen molar-refractivity contribution in [3.63, 3.8) is 0 Å². The van der Waals surface area contributed by atoms with E-state index in [1.54, 1.807) is 0 Å². The van der Waals surface area contributed by atoms with E-state index in [0.717, 1.165) is 30.3 Å². The Morgan fingerprint density at radius 1 is 1.25 bits per heavy atom. The maximum atomic E-state index is 4.73. The maximum absolute atomic E-state index is 4.73. The van der Waals surface area contributed by atoms with Gasteiger partial charge in [0.2, 0.25) is 0 Å². The first-order valence-corrected chi connectivity index (χ1v) is 5.74. The summed E-state index contributed by atoms with van der Waals surface area (Å²) in [6, 6.07) is 4.00. The fourth-order valence-electron chi connectivity index (χ4n) is 2.36. The Balaban J connectivity index is 2.33. The molecule has 0 spiro atoms. The molecule has 2 aromatic heterocycles. The molecule has 0 unspecified atom stereocenters. The Labute approximate surface area is 95.0 Å². The Hall–Kier alpha value is -1.70. The minimum atomic E-state index is 1.00. The molecule has 2 nitrogen and oxygen atoms in total. The third-order valence-corrected chi connectivity index (χ3v) is 3.23. The summed E-state index contributed by atoms with van der Waals surface area (Å²) in [7, 11) is 0. The fraction of sp³-hybridized carbons (Fsp3) is 0.286. The van der Waals surface area contributed by atoms with Gasteiger partial charge in [-0.2, -0.15) is 0 Å². The highest BCUT2D eigenvalue weighted by atomic mass is 14.8. The lowest BCUT2D eigenvalue weighted by Crippen LogP contribution is -2.01. The van der Waals surface area contributed by atoms with Gasteiger partial charge < -0.3 is 0 Å². The zero-order valence-electron chi connectivity index (χ0n) is 9.40. The molecule has 1 aliphatic rings. The minimum absolute atomic E-state index is 1.00. The van der Waals surface area contributed by atoms with Crippen LogP contribution in [0.15, 0.2) is 30.5 Å². The minimum Gasteiger partial charge on any atom is -0.254 e. The number of allylic oxidation sites excluding steroid dienone is 2. The van der Waals surface area contributed by atoms with Crippen LogP contribution in [0.25, 0.3) is 11.0 Å². The van der Waals surface area contributed by atoms with Crippen LogP contribution < -0.4 is 0 Å².